The summed E-state index contributed by atoms with van der Waals surface area (Å²) in [5.74, 6) is -0.467. The number of amides is 2. The molecule has 6 nitrogen and oxygen atoms in total. The van der Waals surface area contributed by atoms with Gasteiger partial charge in [0, 0.05) is 24.7 Å². The maximum atomic E-state index is 14.3. The summed E-state index contributed by atoms with van der Waals surface area (Å²) >= 11 is 6.07. The predicted molar refractivity (Wildman–Crippen MR) is 123 cm³/mol. The fourth-order valence-electron chi connectivity index (χ4n) is 4.37. The third kappa shape index (κ3) is 5.84. The summed E-state index contributed by atoms with van der Waals surface area (Å²) in [5.41, 5.74) is -1.04. The van der Waals surface area contributed by atoms with Gasteiger partial charge in [-0.2, -0.15) is 0 Å². The summed E-state index contributed by atoms with van der Waals surface area (Å²) in [5, 5.41) is 0.534. The molecule has 1 unspecified atom stereocenters. The van der Waals surface area contributed by atoms with Gasteiger partial charge in [0.1, 0.15) is 23.8 Å². The molecule has 33 heavy (non-hydrogen) atoms. The number of halogens is 2. The molecule has 176 valence electrons. The van der Waals surface area contributed by atoms with Gasteiger partial charge in [0.05, 0.1) is 25.1 Å². The molecule has 2 aromatic carbocycles. The van der Waals surface area contributed by atoms with Crippen molar-refractivity contribution in [3.8, 4) is 5.75 Å². The molecule has 2 aliphatic heterocycles. The van der Waals surface area contributed by atoms with Crippen LogP contribution in [0.2, 0.25) is 5.02 Å². The second-order valence-corrected chi connectivity index (χ2v) is 9.04. The highest BCUT2D eigenvalue weighted by molar-refractivity contribution is 6.30. The molecule has 2 aliphatic rings. The first-order valence-corrected chi connectivity index (χ1v) is 11.7. The second-order valence-electron chi connectivity index (χ2n) is 8.60. The molecule has 0 saturated carbocycles. The summed E-state index contributed by atoms with van der Waals surface area (Å²) in [6.07, 6.45) is 3.16. The molecule has 1 atom stereocenters. The summed E-state index contributed by atoms with van der Waals surface area (Å²) in [6.45, 7) is 2.18. The van der Waals surface area contributed by atoms with E-state index in [1.54, 1.807) is 41.3 Å². The van der Waals surface area contributed by atoms with Crippen molar-refractivity contribution in [2.75, 3.05) is 39.4 Å². The van der Waals surface area contributed by atoms with Gasteiger partial charge in [0.25, 0.3) is 5.91 Å². The van der Waals surface area contributed by atoms with Crippen LogP contribution in [0.5, 0.6) is 5.75 Å². The average Bonchev–Trinajstić information content (AvgIpc) is 2.83. The topological polar surface area (TPSA) is 59.1 Å². The lowest BCUT2D eigenvalue weighted by Crippen LogP contribution is -2.58. The van der Waals surface area contributed by atoms with Crippen molar-refractivity contribution < 1.29 is 23.5 Å². The van der Waals surface area contributed by atoms with Crippen LogP contribution < -0.4 is 4.74 Å². The quantitative estimate of drug-likeness (QED) is 0.630. The summed E-state index contributed by atoms with van der Waals surface area (Å²) in [4.78, 5) is 29.6. The highest BCUT2D eigenvalue weighted by Gasteiger charge is 2.42. The number of benzene rings is 2. The molecule has 0 aliphatic carbocycles. The molecule has 4 rings (SSSR count). The Labute approximate surface area is 198 Å². The van der Waals surface area contributed by atoms with E-state index >= 15 is 0 Å². The first-order chi connectivity index (χ1) is 16.0. The maximum Gasteiger partial charge on any atom is 0.257 e. The first-order valence-electron chi connectivity index (χ1n) is 11.3. The van der Waals surface area contributed by atoms with Crippen LogP contribution in [-0.4, -0.2) is 66.6 Å². The summed E-state index contributed by atoms with van der Waals surface area (Å²) in [6, 6.07) is 12.9. The van der Waals surface area contributed by atoms with Crippen molar-refractivity contribution in [1.82, 2.24) is 9.80 Å². The van der Waals surface area contributed by atoms with Crippen LogP contribution in [0.3, 0.4) is 0 Å². The number of likely N-dealkylation sites (tertiary alicyclic amines) is 1. The number of carbonyl (C=O) groups is 2. The van der Waals surface area contributed by atoms with Crippen LogP contribution in [0.25, 0.3) is 0 Å². The fraction of sp³-hybridized carbons (Fsp3) is 0.440. The van der Waals surface area contributed by atoms with E-state index in [1.807, 2.05) is 4.90 Å². The molecule has 2 aromatic rings. The van der Waals surface area contributed by atoms with Gasteiger partial charge in [-0.1, -0.05) is 29.8 Å². The van der Waals surface area contributed by atoms with Crippen LogP contribution in [0, 0.1) is 5.82 Å². The van der Waals surface area contributed by atoms with Gasteiger partial charge in [-0.15, -0.1) is 0 Å². The van der Waals surface area contributed by atoms with Gasteiger partial charge in [-0.05, 0) is 49.6 Å². The fourth-order valence-corrected chi connectivity index (χ4v) is 4.55. The van der Waals surface area contributed by atoms with Gasteiger partial charge in [-0.3, -0.25) is 9.59 Å². The van der Waals surface area contributed by atoms with Gasteiger partial charge in [0.15, 0.2) is 0 Å². The van der Waals surface area contributed by atoms with Gasteiger partial charge >= 0.3 is 0 Å². The number of morpholine rings is 1. The number of carbonyl (C=O) groups excluding carboxylic acids is 2. The van der Waals surface area contributed by atoms with Crippen molar-refractivity contribution in [2.45, 2.75) is 31.3 Å². The number of nitrogens with zero attached hydrogens (tertiary/aromatic N) is 2. The van der Waals surface area contributed by atoms with Crippen molar-refractivity contribution >= 4 is 23.4 Å². The van der Waals surface area contributed by atoms with Crippen LogP contribution in [-0.2, 0) is 9.53 Å². The Morgan fingerprint density at radius 2 is 1.82 bits per heavy atom. The van der Waals surface area contributed by atoms with Gasteiger partial charge in [-0.25, -0.2) is 4.39 Å². The van der Waals surface area contributed by atoms with Crippen LogP contribution in [0.1, 0.15) is 36.0 Å². The van der Waals surface area contributed by atoms with Crippen molar-refractivity contribution in [2.24, 2.45) is 0 Å². The Morgan fingerprint density at radius 1 is 1.03 bits per heavy atom. The number of rotatable bonds is 6. The molecule has 2 fully saturated rings. The van der Waals surface area contributed by atoms with Crippen molar-refractivity contribution in [1.29, 1.82) is 0 Å². The zero-order valence-corrected chi connectivity index (χ0v) is 19.2. The molecule has 0 spiro atoms. The third-order valence-corrected chi connectivity index (χ3v) is 6.36. The molecule has 0 bridgehead atoms. The van der Waals surface area contributed by atoms with E-state index in [-0.39, 0.29) is 37.6 Å². The molecule has 2 heterocycles. The highest BCUT2D eigenvalue weighted by Crippen LogP contribution is 2.28. The third-order valence-electron chi connectivity index (χ3n) is 6.12. The Morgan fingerprint density at radius 3 is 2.58 bits per heavy atom. The Kier molecular flexibility index (Phi) is 7.50. The SMILES string of the molecule is O=C(CC1(COc2cccc(Cl)c2)CN(C(=O)c2ccccc2F)CCO1)N1CCCCC1. The van der Waals surface area contributed by atoms with E-state index in [4.69, 9.17) is 21.1 Å². The molecule has 0 N–H and O–H groups in total. The van der Waals surface area contributed by atoms with Crippen molar-refractivity contribution in [3.63, 3.8) is 0 Å². The van der Waals surface area contributed by atoms with Gasteiger partial charge < -0.3 is 19.3 Å². The van der Waals surface area contributed by atoms with Crippen LogP contribution in [0.4, 0.5) is 4.39 Å². The Bertz CT molecular complexity index is 998. The Balaban J connectivity index is 1.54. The van der Waals surface area contributed by atoms with E-state index in [2.05, 4.69) is 0 Å². The largest absolute Gasteiger partial charge is 0.490 e. The zero-order chi connectivity index (χ0) is 23.3. The first kappa shape index (κ1) is 23.5. The number of hydrogen-bond donors (Lipinski definition) is 0. The predicted octanol–water partition coefficient (Wildman–Crippen LogP) is 4.17. The highest BCUT2D eigenvalue weighted by atomic mass is 35.5. The molecular formula is C25H28ClFN2O4. The Hall–Kier alpha value is -2.64. The monoisotopic (exact) mass is 474 g/mol. The minimum absolute atomic E-state index is 0.00594. The van der Waals surface area contributed by atoms with E-state index in [9.17, 15) is 14.0 Å². The van der Waals surface area contributed by atoms with Crippen molar-refractivity contribution in [3.05, 3.63) is 64.9 Å². The molecular weight excluding hydrogens is 447 g/mol. The summed E-state index contributed by atoms with van der Waals surface area (Å²) in [7, 11) is 0. The zero-order valence-electron chi connectivity index (χ0n) is 18.5. The average molecular weight is 475 g/mol. The molecule has 0 radical (unpaired) electrons. The molecule has 0 aromatic heterocycles. The van der Waals surface area contributed by atoms with E-state index in [0.29, 0.717) is 17.3 Å². The van der Waals surface area contributed by atoms with E-state index in [0.717, 1.165) is 32.4 Å². The minimum atomic E-state index is -1.05. The van der Waals surface area contributed by atoms with Crippen LogP contribution in [0.15, 0.2) is 48.5 Å². The number of ether oxygens (including phenoxy) is 2. The second kappa shape index (κ2) is 10.5. The standard InChI is InChI=1S/C25H28ClFN2O4/c26-19-7-6-8-20(15-19)32-18-25(16-23(30)28-11-4-1-5-12-28)17-29(13-14-33-25)24(31)21-9-2-3-10-22(21)27/h2-3,6-10,15H,1,4-5,11-14,16-18H2. The maximum absolute atomic E-state index is 14.3. The van der Waals surface area contributed by atoms with Gasteiger partial charge in [0.2, 0.25) is 5.91 Å². The molecule has 8 heteroatoms. The lowest BCUT2D eigenvalue weighted by Gasteiger charge is -2.43. The van der Waals surface area contributed by atoms with E-state index in [1.165, 1.54) is 12.1 Å². The number of piperidine rings is 1. The normalized spacial score (nSPS) is 21.0. The smallest absolute Gasteiger partial charge is 0.257 e. The van der Waals surface area contributed by atoms with E-state index < -0.39 is 17.3 Å². The number of hydrogen-bond acceptors (Lipinski definition) is 4. The molecule has 2 saturated heterocycles. The lowest BCUT2D eigenvalue weighted by atomic mass is 9.95. The minimum Gasteiger partial charge on any atom is -0.490 e. The summed E-state index contributed by atoms with van der Waals surface area (Å²) < 4.78 is 26.4. The molecule has 2 amide bonds. The van der Waals surface area contributed by atoms with Crippen LogP contribution >= 0.6 is 11.6 Å². The lowest BCUT2D eigenvalue weighted by molar-refractivity contribution is -0.153.